The van der Waals surface area contributed by atoms with Crippen molar-refractivity contribution in [1.82, 2.24) is 14.9 Å². The molecule has 3 aliphatic rings. The van der Waals surface area contributed by atoms with Crippen LogP contribution < -0.4 is 19.7 Å². The van der Waals surface area contributed by atoms with Crippen molar-refractivity contribution in [2.75, 3.05) is 43.2 Å². The molecule has 2 aromatic rings. The van der Waals surface area contributed by atoms with E-state index >= 15 is 0 Å². The summed E-state index contributed by atoms with van der Waals surface area (Å²) in [5.74, 6) is 3.50. The summed E-state index contributed by atoms with van der Waals surface area (Å²) in [5.41, 5.74) is 1.26. The maximum atomic E-state index is 5.49. The molecule has 2 fully saturated rings. The average molecular weight is 381 g/mol. The highest BCUT2D eigenvalue weighted by Crippen LogP contribution is 2.33. The van der Waals surface area contributed by atoms with Crippen LogP contribution in [0.2, 0.25) is 0 Å². The molecule has 1 aliphatic carbocycles. The van der Waals surface area contributed by atoms with E-state index in [-0.39, 0.29) is 0 Å². The van der Waals surface area contributed by atoms with Crippen molar-refractivity contribution in [2.45, 2.75) is 38.3 Å². The second kappa shape index (κ2) is 7.83. The first-order chi connectivity index (χ1) is 13.8. The van der Waals surface area contributed by atoms with Crippen LogP contribution in [-0.4, -0.2) is 53.9 Å². The summed E-state index contributed by atoms with van der Waals surface area (Å²) in [6.45, 7) is 5.13. The van der Waals surface area contributed by atoms with Gasteiger partial charge in [0.1, 0.15) is 5.82 Å². The fourth-order valence-electron chi connectivity index (χ4n) is 4.26. The van der Waals surface area contributed by atoms with Gasteiger partial charge in [-0.2, -0.15) is 4.98 Å². The largest absolute Gasteiger partial charge is 0.454 e. The molecule has 1 saturated heterocycles. The molecule has 0 spiro atoms. The first-order valence-corrected chi connectivity index (χ1v) is 10.3. The lowest BCUT2D eigenvalue weighted by molar-refractivity contribution is 0.174. The zero-order chi connectivity index (χ0) is 18.8. The topological polar surface area (TPSA) is 62.8 Å². The van der Waals surface area contributed by atoms with Crippen molar-refractivity contribution in [2.24, 2.45) is 0 Å². The molecule has 3 heterocycles. The summed E-state index contributed by atoms with van der Waals surface area (Å²) < 4.78 is 10.9. The molecule has 2 aliphatic heterocycles. The van der Waals surface area contributed by atoms with E-state index in [1.165, 1.54) is 31.2 Å². The summed E-state index contributed by atoms with van der Waals surface area (Å²) in [7, 11) is 0. The Morgan fingerprint density at radius 1 is 1.00 bits per heavy atom. The molecule has 0 atom stereocenters. The van der Waals surface area contributed by atoms with Crippen LogP contribution in [0.5, 0.6) is 11.5 Å². The highest BCUT2D eigenvalue weighted by molar-refractivity contribution is 5.45. The van der Waals surface area contributed by atoms with Crippen LogP contribution in [0.1, 0.15) is 31.2 Å². The number of hydrogen-bond acceptors (Lipinski definition) is 7. The molecule has 0 radical (unpaired) electrons. The van der Waals surface area contributed by atoms with Crippen LogP contribution in [0, 0.1) is 0 Å². The second-order valence-electron chi connectivity index (χ2n) is 7.82. The summed E-state index contributed by atoms with van der Waals surface area (Å²) in [5, 5.41) is 3.57. The van der Waals surface area contributed by atoms with Gasteiger partial charge in [0.25, 0.3) is 0 Å². The SMILES string of the molecule is c1cc(NC2CCCC2)nc(N2CCN(Cc3ccc4c(c3)OCO4)CC2)n1. The van der Waals surface area contributed by atoms with Crippen molar-refractivity contribution in [3.05, 3.63) is 36.0 Å². The highest BCUT2D eigenvalue weighted by atomic mass is 16.7. The number of fused-ring (bicyclic) bond motifs is 1. The summed E-state index contributed by atoms with van der Waals surface area (Å²) in [6.07, 6.45) is 7.01. The lowest BCUT2D eigenvalue weighted by atomic mass is 10.1. The Balaban J connectivity index is 1.17. The smallest absolute Gasteiger partial charge is 0.231 e. The summed E-state index contributed by atoms with van der Waals surface area (Å²) in [4.78, 5) is 14.0. The first-order valence-electron chi connectivity index (χ1n) is 10.3. The molecule has 7 heteroatoms. The molecule has 7 nitrogen and oxygen atoms in total. The lowest BCUT2D eigenvalue weighted by Gasteiger charge is -2.34. The predicted molar refractivity (Wildman–Crippen MR) is 108 cm³/mol. The summed E-state index contributed by atoms with van der Waals surface area (Å²) >= 11 is 0. The minimum atomic E-state index is 0.326. The molecule has 5 rings (SSSR count). The molecule has 1 aromatic heterocycles. The Bertz CT molecular complexity index is 816. The van der Waals surface area contributed by atoms with Gasteiger partial charge in [-0.25, -0.2) is 4.98 Å². The second-order valence-corrected chi connectivity index (χ2v) is 7.82. The number of ether oxygens (including phenoxy) is 2. The van der Waals surface area contributed by atoms with Crippen LogP contribution >= 0.6 is 0 Å². The highest BCUT2D eigenvalue weighted by Gasteiger charge is 2.21. The minimum absolute atomic E-state index is 0.326. The van der Waals surface area contributed by atoms with Crippen molar-refractivity contribution < 1.29 is 9.47 Å². The third kappa shape index (κ3) is 3.85. The van der Waals surface area contributed by atoms with E-state index in [4.69, 9.17) is 14.5 Å². The van der Waals surface area contributed by atoms with E-state index in [2.05, 4.69) is 32.2 Å². The zero-order valence-corrected chi connectivity index (χ0v) is 16.1. The first kappa shape index (κ1) is 17.6. The normalized spacial score (nSPS) is 19.9. The van der Waals surface area contributed by atoms with Crippen LogP contribution in [-0.2, 0) is 6.54 Å². The number of benzene rings is 1. The molecule has 0 unspecified atom stereocenters. The van der Waals surface area contributed by atoms with Gasteiger partial charge in [-0.05, 0) is 36.6 Å². The Hall–Kier alpha value is -2.54. The molecule has 0 amide bonds. The van der Waals surface area contributed by atoms with Crippen molar-refractivity contribution in [3.8, 4) is 11.5 Å². The van der Waals surface area contributed by atoms with Crippen molar-refractivity contribution in [1.29, 1.82) is 0 Å². The molecule has 1 N–H and O–H groups in total. The third-order valence-electron chi connectivity index (χ3n) is 5.85. The van der Waals surface area contributed by atoms with Gasteiger partial charge < -0.3 is 19.7 Å². The number of hydrogen-bond donors (Lipinski definition) is 1. The van der Waals surface area contributed by atoms with E-state index in [0.717, 1.165) is 56.0 Å². The number of anilines is 2. The van der Waals surface area contributed by atoms with E-state index < -0.39 is 0 Å². The molecule has 0 bridgehead atoms. The maximum absolute atomic E-state index is 5.49. The van der Waals surface area contributed by atoms with Crippen molar-refractivity contribution in [3.63, 3.8) is 0 Å². The quantitative estimate of drug-likeness (QED) is 0.854. The van der Waals surface area contributed by atoms with E-state index in [1.807, 2.05) is 18.3 Å². The third-order valence-corrected chi connectivity index (χ3v) is 5.85. The Morgan fingerprint density at radius 2 is 1.82 bits per heavy atom. The predicted octanol–water partition coefficient (Wildman–Crippen LogP) is 2.88. The minimum Gasteiger partial charge on any atom is -0.454 e. The van der Waals surface area contributed by atoms with E-state index in [9.17, 15) is 0 Å². The number of aromatic nitrogens is 2. The van der Waals surface area contributed by atoms with E-state index in [1.54, 1.807) is 0 Å². The molecule has 1 aromatic carbocycles. The van der Waals surface area contributed by atoms with E-state index in [0.29, 0.717) is 12.8 Å². The molecular weight excluding hydrogens is 354 g/mol. The summed E-state index contributed by atoms with van der Waals surface area (Å²) in [6, 6.07) is 8.78. The van der Waals surface area contributed by atoms with Crippen molar-refractivity contribution >= 4 is 11.8 Å². The number of nitrogens with zero attached hydrogens (tertiary/aromatic N) is 4. The van der Waals surface area contributed by atoms with Gasteiger partial charge in [0.05, 0.1) is 0 Å². The average Bonchev–Trinajstić information content (AvgIpc) is 3.40. The van der Waals surface area contributed by atoms with Crippen LogP contribution in [0.15, 0.2) is 30.5 Å². The van der Waals surface area contributed by atoms with Gasteiger partial charge in [-0.1, -0.05) is 18.9 Å². The monoisotopic (exact) mass is 381 g/mol. The number of piperazine rings is 1. The zero-order valence-electron chi connectivity index (χ0n) is 16.1. The van der Waals surface area contributed by atoms with Gasteiger partial charge in [-0.3, -0.25) is 4.90 Å². The van der Waals surface area contributed by atoms with Crippen LogP contribution in [0.25, 0.3) is 0 Å². The van der Waals surface area contributed by atoms with Gasteiger partial charge in [0.15, 0.2) is 11.5 Å². The van der Waals surface area contributed by atoms with Crippen LogP contribution in [0.4, 0.5) is 11.8 Å². The molecular formula is C21H27N5O2. The Labute approximate surface area is 165 Å². The standard InChI is InChI=1S/C21H27N5O2/c1-2-4-17(3-1)23-20-7-8-22-21(24-20)26-11-9-25(10-12-26)14-16-5-6-18-19(13-16)28-15-27-18/h5-8,13,17H,1-4,9-12,14-15H2,(H,22,23,24). The van der Waals surface area contributed by atoms with Gasteiger partial charge >= 0.3 is 0 Å². The molecule has 1 saturated carbocycles. The fraction of sp³-hybridized carbons (Fsp3) is 0.524. The number of nitrogens with one attached hydrogen (secondary N) is 1. The van der Waals surface area contributed by atoms with Gasteiger partial charge in [0, 0.05) is 45.0 Å². The molecule has 148 valence electrons. The maximum Gasteiger partial charge on any atom is 0.231 e. The van der Waals surface area contributed by atoms with Gasteiger partial charge in [0.2, 0.25) is 12.7 Å². The Kier molecular flexibility index (Phi) is 4.91. The molecule has 28 heavy (non-hydrogen) atoms. The Morgan fingerprint density at radius 3 is 2.68 bits per heavy atom. The van der Waals surface area contributed by atoms with Crippen LogP contribution in [0.3, 0.4) is 0 Å². The number of rotatable bonds is 5. The van der Waals surface area contributed by atoms with Gasteiger partial charge in [-0.15, -0.1) is 0 Å². The fourth-order valence-corrected chi connectivity index (χ4v) is 4.26. The lowest BCUT2D eigenvalue weighted by Crippen LogP contribution is -2.46.